The largest absolute Gasteiger partial charge is 0.455 e. The van der Waals surface area contributed by atoms with Crippen molar-refractivity contribution in [1.82, 2.24) is 0 Å². The number of benzene rings is 15. The zero-order chi connectivity index (χ0) is 60.8. The Morgan fingerprint density at radius 3 is 0.844 bits per heavy atom. The second-order valence-electron chi connectivity index (χ2n) is 26.3. The van der Waals surface area contributed by atoms with Crippen LogP contribution in [0.2, 0.25) is 0 Å². The first kappa shape index (κ1) is 54.6. The zero-order valence-corrected chi connectivity index (χ0v) is 51.5. The van der Waals surface area contributed by atoms with E-state index in [1.54, 1.807) is 0 Å². The van der Waals surface area contributed by atoms with Crippen LogP contribution in [-0.4, -0.2) is 0 Å². The predicted octanol–water partition coefficient (Wildman–Crippen LogP) is 25.5. The molecule has 0 N–H and O–H groups in total. The van der Waals surface area contributed by atoms with Gasteiger partial charge in [-0.3, -0.25) is 0 Å². The summed E-state index contributed by atoms with van der Waals surface area (Å²) in [6.07, 6.45) is 0. The van der Waals surface area contributed by atoms with Crippen LogP contribution in [0.15, 0.2) is 300 Å². The van der Waals surface area contributed by atoms with Gasteiger partial charge in [0.2, 0.25) is 0 Å². The highest BCUT2D eigenvalue weighted by Gasteiger charge is 2.22. The first-order valence-corrected chi connectivity index (χ1v) is 31.5. The van der Waals surface area contributed by atoms with Gasteiger partial charge in [-0.2, -0.15) is 0 Å². The van der Waals surface area contributed by atoms with E-state index in [0.29, 0.717) is 0 Å². The van der Waals surface area contributed by atoms with Crippen molar-refractivity contribution in [3.8, 4) is 66.8 Å². The van der Waals surface area contributed by atoms with Crippen molar-refractivity contribution in [3.63, 3.8) is 0 Å². The molecule has 90 heavy (non-hydrogen) atoms. The number of para-hydroxylation sites is 4. The first-order chi connectivity index (χ1) is 43.9. The quantitative estimate of drug-likeness (QED) is 0.155. The molecule has 2 aromatic heterocycles. The maximum Gasteiger partial charge on any atom is 0.143 e. The molecule has 0 bridgehead atoms. The Morgan fingerprint density at radius 2 is 0.478 bits per heavy atom. The molecule has 0 fully saturated rings. The minimum absolute atomic E-state index is 0.115. The van der Waals surface area contributed by atoms with Gasteiger partial charge in [0.1, 0.15) is 22.3 Å². The van der Waals surface area contributed by atoms with E-state index in [4.69, 9.17) is 8.83 Å². The van der Waals surface area contributed by atoms with Crippen molar-refractivity contribution in [1.29, 1.82) is 0 Å². The molecule has 430 valence electrons. The van der Waals surface area contributed by atoms with Gasteiger partial charge in [0.25, 0.3) is 0 Å². The Balaban J connectivity index is 0.000000145. The lowest BCUT2D eigenvalue weighted by molar-refractivity contribution is 0.590. The van der Waals surface area contributed by atoms with Crippen molar-refractivity contribution < 1.29 is 8.83 Å². The van der Waals surface area contributed by atoms with Crippen molar-refractivity contribution in [2.45, 2.75) is 52.4 Å². The molecule has 0 atom stereocenters. The molecular weight excluding hydrogens is 1090 g/mol. The van der Waals surface area contributed by atoms with Crippen LogP contribution in [0.4, 0.5) is 0 Å². The number of rotatable bonds is 6. The molecule has 0 aliphatic carbocycles. The summed E-state index contributed by atoms with van der Waals surface area (Å²) < 4.78 is 12.7. The average Bonchev–Trinajstić information content (AvgIpc) is 1.04. The van der Waals surface area contributed by atoms with Gasteiger partial charge < -0.3 is 8.83 Å². The summed E-state index contributed by atoms with van der Waals surface area (Å²) in [6, 6.07) is 106. The van der Waals surface area contributed by atoms with Crippen molar-refractivity contribution in [2.24, 2.45) is 0 Å². The van der Waals surface area contributed by atoms with Gasteiger partial charge in [-0.05, 0) is 156 Å². The van der Waals surface area contributed by atoms with Crippen LogP contribution in [0.25, 0.3) is 165 Å². The Kier molecular flexibility index (Phi) is 13.0. The first-order valence-electron chi connectivity index (χ1n) is 31.5. The lowest BCUT2D eigenvalue weighted by atomic mass is 9.83. The van der Waals surface area contributed by atoms with E-state index in [-0.39, 0.29) is 10.8 Å². The van der Waals surface area contributed by atoms with E-state index in [0.717, 1.165) is 66.1 Å². The third-order valence-electron chi connectivity index (χ3n) is 18.7. The van der Waals surface area contributed by atoms with Crippen LogP contribution < -0.4 is 0 Å². The highest BCUT2D eigenvalue weighted by atomic mass is 16.3. The molecule has 2 nitrogen and oxygen atoms in total. The lowest BCUT2D eigenvalue weighted by Crippen LogP contribution is -2.10. The molecule has 15 aromatic carbocycles. The van der Waals surface area contributed by atoms with Gasteiger partial charge in [-0.15, -0.1) is 0 Å². The summed E-state index contributed by atoms with van der Waals surface area (Å²) in [7, 11) is 0. The third kappa shape index (κ3) is 9.33. The molecule has 2 heterocycles. The predicted molar refractivity (Wildman–Crippen MR) is 385 cm³/mol. The fourth-order valence-electron chi connectivity index (χ4n) is 14.1. The lowest BCUT2D eigenvalue weighted by Gasteiger charge is -2.21. The summed E-state index contributed by atoms with van der Waals surface area (Å²) in [5.74, 6) is 0. The smallest absolute Gasteiger partial charge is 0.143 e. The molecular formula is C88H66O2. The summed E-state index contributed by atoms with van der Waals surface area (Å²) in [5, 5.41) is 17.2. The molecule has 0 aliphatic rings. The highest BCUT2D eigenvalue weighted by molar-refractivity contribution is 6.23. The molecule has 17 aromatic rings. The molecule has 0 amide bonds. The minimum atomic E-state index is 0.115. The minimum Gasteiger partial charge on any atom is -0.455 e. The van der Waals surface area contributed by atoms with Crippen LogP contribution in [0.1, 0.15) is 52.7 Å². The van der Waals surface area contributed by atoms with E-state index < -0.39 is 0 Å². The summed E-state index contributed by atoms with van der Waals surface area (Å²) in [5.41, 5.74) is 21.3. The normalized spacial score (nSPS) is 12.1. The summed E-state index contributed by atoms with van der Waals surface area (Å²) >= 11 is 0. The SMILES string of the molecule is CC(C)(C)c1ccc(-c2c3ccccc3c(-c3ccc(-c4cccc5c4oc4ccccc45)cc3)c3ccccc23)cc1.CC(C)(C)c1ccc(-c2c3ccccc3c(-c3ccc4cc(-c5cccc6c5oc5ccccc56)ccc4c3)c3ccccc23)cc1. The molecule has 0 spiro atoms. The molecule has 0 saturated carbocycles. The van der Waals surface area contributed by atoms with Gasteiger partial charge in [-0.1, -0.05) is 308 Å². The van der Waals surface area contributed by atoms with Crippen LogP contribution in [0.3, 0.4) is 0 Å². The van der Waals surface area contributed by atoms with Crippen LogP contribution >= 0.6 is 0 Å². The second-order valence-corrected chi connectivity index (χ2v) is 26.3. The Morgan fingerprint density at radius 1 is 0.211 bits per heavy atom. The monoisotopic (exact) mass is 1150 g/mol. The number of hydrogen-bond donors (Lipinski definition) is 0. The Hall–Kier alpha value is -10.8. The summed E-state index contributed by atoms with van der Waals surface area (Å²) in [4.78, 5) is 0. The highest BCUT2D eigenvalue weighted by Crippen LogP contribution is 2.48. The van der Waals surface area contributed by atoms with Gasteiger partial charge in [0.15, 0.2) is 0 Å². The van der Waals surface area contributed by atoms with Crippen LogP contribution in [0.5, 0.6) is 0 Å². The van der Waals surface area contributed by atoms with Crippen LogP contribution in [-0.2, 0) is 10.8 Å². The van der Waals surface area contributed by atoms with Gasteiger partial charge in [0.05, 0.1) is 0 Å². The molecule has 2 heteroatoms. The Labute approximate surface area is 524 Å². The maximum absolute atomic E-state index is 6.37. The average molecular weight is 1160 g/mol. The second kappa shape index (κ2) is 21.5. The van der Waals surface area contributed by atoms with Crippen molar-refractivity contribution >= 4 is 97.7 Å². The van der Waals surface area contributed by atoms with E-state index >= 15 is 0 Å². The number of hydrogen-bond acceptors (Lipinski definition) is 2. The van der Waals surface area contributed by atoms with Crippen molar-refractivity contribution in [2.75, 3.05) is 0 Å². The molecule has 0 radical (unpaired) electrons. The van der Waals surface area contributed by atoms with Crippen molar-refractivity contribution in [3.05, 3.63) is 302 Å². The van der Waals surface area contributed by atoms with E-state index in [9.17, 15) is 0 Å². The van der Waals surface area contributed by atoms with Gasteiger partial charge in [-0.25, -0.2) is 0 Å². The molecule has 17 rings (SSSR count). The Bertz CT molecular complexity index is 5530. The van der Waals surface area contributed by atoms with Gasteiger partial charge >= 0.3 is 0 Å². The molecule has 0 unspecified atom stereocenters. The number of furan rings is 2. The number of fused-ring (bicyclic) bond motifs is 11. The summed E-state index contributed by atoms with van der Waals surface area (Å²) in [6.45, 7) is 13.6. The zero-order valence-electron chi connectivity index (χ0n) is 51.5. The topological polar surface area (TPSA) is 26.3 Å². The molecule has 0 aliphatic heterocycles. The maximum atomic E-state index is 6.37. The standard InChI is InChI=1S/C46H34O.C42H32O/c1-46(2,3)34-25-23-29(24-26-34)43-37-12-4-6-14-39(37)44(40-15-7-5-13-38(40)43)33-22-20-30-27-32(21-19-31(30)28-33)35-16-10-17-41-36-11-8-9-18-42(36)47-45(35)41;1-42(2,3)30-25-23-29(24-26-30)40-35-14-6-4-12-33(35)39(34-13-5-7-15-36(34)40)28-21-19-27(20-22-28)31-16-10-17-37-32-11-8-9-18-38(32)43-41(31)37/h4-28H,1-3H3;4-26H,1-3H3. The van der Waals surface area contributed by atoms with E-state index in [2.05, 4.69) is 308 Å². The van der Waals surface area contributed by atoms with E-state index in [1.165, 1.54) is 109 Å². The van der Waals surface area contributed by atoms with Crippen LogP contribution in [0, 0.1) is 0 Å². The fraction of sp³-hybridized carbons (Fsp3) is 0.0909. The fourth-order valence-corrected chi connectivity index (χ4v) is 14.1. The molecule has 0 saturated heterocycles. The van der Waals surface area contributed by atoms with E-state index in [1.807, 2.05) is 24.3 Å². The van der Waals surface area contributed by atoms with Gasteiger partial charge in [0, 0.05) is 32.7 Å². The third-order valence-corrected chi connectivity index (χ3v) is 18.7.